The van der Waals surface area contributed by atoms with Gasteiger partial charge in [0.05, 0.1) is 18.1 Å². The van der Waals surface area contributed by atoms with Crippen LogP contribution >= 0.6 is 0 Å². The molecule has 0 spiro atoms. The van der Waals surface area contributed by atoms with Gasteiger partial charge in [-0.1, -0.05) is 12.8 Å². The molecule has 0 aromatic carbocycles. The average molecular weight is 288 g/mol. The molecule has 1 aromatic heterocycles. The van der Waals surface area contributed by atoms with Gasteiger partial charge in [0.1, 0.15) is 0 Å². The molecule has 116 valence electrons. The van der Waals surface area contributed by atoms with Gasteiger partial charge in [0.25, 0.3) is 0 Å². The number of likely N-dealkylation sites (tertiary alicyclic amines) is 1. The Hall–Kier alpha value is -0.870. The Labute approximate surface area is 127 Å². The van der Waals surface area contributed by atoms with Crippen LogP contribution in [-0.4, -0.2) is 33.6 Å². The SMILES string of the molecule is NCC(c1cncn1C1CC1)N1CCCC2CCCCC21. The maximum Gasteiger partial charge on any atom is 0.0951 e. The van der Waals surface area contributed by atoms with Crippen molar-refractivity contribution in [3.05, 3.63) is 18.2 Å². The maximum atomic E-state index is 6.22. The largest absolute Gasteiger partial charge is 0.330 e. The van der Waals surface area contributed by atoms with Crippen molar-refractivity contribution >= 4 is 0 Å². The van der Waals surface area contributed by atoms with Gasteiger partial charge in [-0.3, -0.25) is 4.90 Å². The highest BCUT2D eigenvalue weighted by atomic mass is 15.2. The van der Waals surface area contributed by atoms with Gasteiger partial charge in [0.2, 0.25) is 0 Å². The molecule has 0 bridgehead atoms. The van der Waals surface area contributed by atoms with Crippen LogP contribution in [0.25, 0.3) is 0 Å². The third-order valence-electron chi connectivity index (χ3n) is 5.89. The Morgan fingerprint density at radius 3 is 2.76 bits per heavy atom. The van der Waals surface area contributed by atoms with E-state index in [9.17, 15) is 0 Å². The summed E-state index contributed by atoms with van der Waals surface area (Å²) in [5, 5.41) is 0. The lowest BCUT2D eigenvalue weighted by Crippen LogP contribution is -2.50. The second-order valence-corrected chi connectivity index (χ2v) is 7.20. The lowest BCUT2D eigenvalue weighted by molar-refractivity contribution is 0.0251. The quantitative estimate of drug-likeness (QED) is 0.926. The van der Waals surface area contributed by atoms with Crippen molar-refractivity contribution in [2.75, 3.05) is 13.1 Å². The summed E-state index contributed by atoms with van der Waals surface area (Å²) < 4.78 is 2.41. The minimum absolute atomic E-state index is 0.374. The van der Waals surface area contributed by atoms with E-state index in [1.807, 2.05) is 6.33 Å². The number of hydrogen-bond donors (Lipinski definition) is 1. The molecule has 4 rings (SSSR count). The van der Waals surface area contributed by atoms with Gasteiger partial charge >= 0.3 is 0 Å². The fraction of sp³-hybridized carbons (Fsp3) is 0.824. The van der Waals surface area contributed by atoms with Crippen LogP contribution in [0.3, 0.4) is 0 Å². The Morgan fingerprint density at radius 1 is 1.14 bits per heavy atom. The smallest absolute Gasteiger partial charge is 0.0951 e. The van der Waals surface area contributed by atoms with Crippen LogP contribution in [-0.2, 0) is 0 Å². The molecule has 4 nitrogen and oxygen atoms in total. The Kier molecular flexibility index (Phi) is 3.76. The van der Waals surface area contributed by atoms with E-state index in [-0.39, 0.29) is 0 Å². The lowest BCUT2D eigenvalue weighted by Gasteiger charge is -2.47. The highest BCUT2D eigenvalue weighted by Crippen LogP contribution is 2.41. The Bertz CT molecular complexity index is 477. The molecule has 1 saturated heterocycles. The summed E-state index contributed by atoms with van der Waals surface area (Å²) in [5.74, 6) is 0.916. The van der Waals surface area contributed by atoms with Crippen LogP contribution in [0.5, 0.6) is 0 Å². The first-order valence-corrected chi connectivity index (χ1v) is 8.86. The van der Waals surface area contributed by atoms with Gasteiger partial charge in [0, 0.05) is 24.8 Å². The highest BCUT2D eigenvalue weighted by Gasteiger charge is 2.38. The first-order valence-electron chi connectivity index (χ1n) is 8.86. The molecule has 0 amide bonds. The molecule has 0 radical (unpaired) electrons. The molecular formula is C17H28N4. The standard InChI is InChI=1S/C17H28N4/c18-10-16(17-11-19-12-21(17)14-7-8-14)20-9-3-5-13-4-1-2-6-15(13)20/h11-16H,1-10,18H2. The summed E-state index contributed by atoms with van der Waals surface area (Å²) >= 11 is 0. The third-order valence-corrected chi connectivity index (χ3v) is 5.89. The number of imidazole rings is 1. The number of rotatable bonds is 4. The minimum Gasteiger partial charge on any atom is -0.330 e. The van der Waals surface area contributed by atoms with Gasteiger partial charge in [-0.15, -0.1) is 0 Å². The number of nitrogens with zero attached hydrogens (tertiary/aromatic N) is 3. The minimum atomic E-state index is 0.374. The van der Waals surface area contributed by atoms with Gasteiger partial charge in [-0.2, -0.15) is 0 Å². The van der Waals surface area contributed by atoms with E-state index >= 15 is 0 Å². The molecule has 2 heterocycles. The second-order valence-electron chi connectivity index (χ2n) is 7.20. The molecule has 21 heavy (non-hydrogen) atoms. The summed E-state index contributed by atoms with van der Waals surface area (Å²) in [7, 11) is 0. The van der Waals surface area contributed by atoms with Crippen LogP contribution < -0.4 is 5.73 Å². The molecule has 3 fully saturated rings. The van der Waals surface area contributed by atoms with Crippen molar-refractivity contribution in [1.29, 1.82) is 0 Å². The van der Waals surface area contributed by atoms with Crippen LogP contribution in [0.2, 0.25) is 0 Å². The van der Waals surface area contributed by atoms with Crippen LogP contribution in [0, 0.1) is 5.92 Å². The number of fused-ring (bicyclic) bond motifs is 1. The maximum absolute atomic E-state index is 6.22. The van der Waals surface area contributed by atoms with Gasteiger partial charge < -0.3 is 10.3 Å². The Balaban J connectivity index is 1.60. The normalized spacial score (nSPS) is 31.9. The van der Waals surface area contributed by atoms with Crippen molar-refractivity contribution in [3.8, 4) is 0 Å². The monoisotopic (exact) mass is 288 g/mol. The van der Waals surface area contributed by atoms with Crippen LogP contribution in [0.1, 0.15) is 69.1 Å². The molecule has 3 unspecified atom stereocenters. The summed E-state index contributed by atoms with van der Waals surface area (Å²) in [4.78, 5) is 7.17. The zero-order valence-electron chi connectivity index (χ0n) is 13.0. The molecule has 2 saturated carbocycles. The number of piperidine rings is 1. The van der Waals surface area contributed by atoms with E-state index in [4.69, 9.17) is 5.73 Å². The van der Waals surface area contributed by atoms with Gasteiger partial charge in [-0.25, -0.2) is 4.98 Å². The third kappa shape index (κ3) is 2.53. The van der Waals surface area contributed by atoms with Crippen LogP contribution in [0.4, 0.5) is 0 Å². The van der Waals surface area contributed by atoms with Crippen molar-refractivity contribution in [2.24, 2.45) is 11.7 Å². The van der Waals surface area contributed by atoms with Gasteiger partial charge in [-0.05, 0) is 51.0 Å². The highest BCUT2D eigenvalue weighted by molar-refractivity contribution is 5.11. The fourth-order valence-corrected chi connectivity index (χ4v) is 4.71. The molecule has 3 aliphatic rings. The second kappa shape index (κ2) is 5.73. The molecule has 4 heteroatoms. The summed E-state index contributed by atoms with van der Waals surface area (Å²) in [6, 6.07) is 1.84. The molecular weight excluding hydrogens is 260 g/mol. The molecule has 2 N–H and O–H groups in total. The number of aromatic nitrogens is 2. The summed E-state index contributed by atoms with van der Waals surface area (Å²) in [6.45, 7) is 1.94. The topological polar surface area (TPSA) is 47.1 Å². The van der Waals surface area contributed by atoms with Crippen molar-refractivity contribution in [1.82, 2.24) is 14.5 Å². The predicted molar refractivity (Wildman–Crippen MR) is 84.0 cm³/mol. The van der Waals surface area contributed by atoms with E-state index in [2.05, 4.69) is 20.6 Å². The van der Waals surface area contributed by atoms with Crippen molar-refractivity contribution in [2.45, 2.75) is 69.5 Å². The number of nitrogens with two attached hydrogens (primary N) is 1. The van der Waals surface area contributed by atoms with E-state index in [0.29, 0.717) is 12.1 Å². The van der Waals surface area contributed by atoms with E-state index in [1.165, 1.54) is 63.6 Å². The van der Waals surface area contributed by atoms with Crippen LogP contribution in [0.15, 0.2) is 12.5 Å². The Morgan fingerprint density at radius 2 is 1.95 bits per heavy atom. The van der Waals surface area contributed by atoms with E-state index < -0.39 is 0 Å². The molecule has 1 aliphatic heterocycles. The zero-order chi connectivity index (χ0) is 14.2. The zero-order valence-corrected chi connectivity index (χ0v) is 13.0. The predicted octanol–water partition coefficient (Wildman–Crippen LogP) is 2.87. The first kappa shape index (κ1) is 13.8. The molecule has 1 aromatic rings. The average Bonchev–Trinajstić information content (AvgIpc) is 3.27. The fourth-order valence-electron chi connectivity index (χ4n) is 4.71. The first-order chi connectivity index (χ1) is 10.4. The summed E-state index contributed by atoms with van der Waals surface area (Å²) in [5.41, 5.74) is 7.59. The summed E-state index contributed by atoms with van der Waals surface area (Å²) in [6.07, 6.45) is 15.1. The van der Waals surface area contributed by atoms with E-state index in [1.54, 1.807) is 0 Å². The lowest BCUT2D eigenvalue weighted by atomic mass is 9.77. The molecule has 3 atom stereocenters. The van der Waals surface area contributed by atoms with Crippen molar-refractivity contribution < 1.29 is 0 Å². The van der Waals surface area contributed by atoms with Crippen molar-refractivity contribution in [3.63, 3.8) is 0 Å². The number of hydrogen-bond acceptors (Lipinski definition) is 3. The molecule has 2 aliphatic carbocycles. The van der Waals surface area contributed by atoms with Gasteiger partial charge in [0.15, 0.2) is 0 Å². The van der Waals surface area contributed by atoms with E-state index in [0.717, 1.165) is 18.5 Å².